The summed E-state index contributed by atoms with van der Waals surface area (Å²) in [5.41, 5.74) is 0. The topological polar surface area (TPSA) is 35.6 Å². The molecule has 2 fully saturated rings. The minimum atomic E-state index is 0.170. The van der Waals surface area contributed by atoms with Crippen LogP contribution in [-0.2, 0) is 4.79 Å². The fourth-order valence-electron chi connectivity index (χ4n) is 1.69. The molecule has 68 valence electrons. The lowest BCUT2D eigenvalue weighted by molar-refractivity contribution is -0.125. The number of rotatable bonds is 1. The third-order valence-corrected chi connectivity index (χ3v) is 2.90. The van der Waals surface area contributed by atoms with Crippen molar-refractivity contribution in [1.82, 2.24) is 14.9 Å². The van der Waals surface area contributed by atoms with Crippen molar-refractivity contribution >= 4 is 15.3 Å². The molecule has 2 rings (SSSR count). The first kappa shape index (κ1) is 8.42. The highest BCUT2D eigenvalue weighted by molar-refractivity contribution is 7.13. The number of nitrogens with one attached hydrogen (secondary N) is 1. The van der Waals surface area contributed by atoms with Crippen LogP contribution in [0.25, 0.3) is 0 Å². The number of piperazine rings is 1. The maximum absolute atomic E-state index is 11.0. The molecule has 0 aromatic carbocycles. The zero-order valence-corrected chi connectivity index (χ0v) is 8.15. The van der Waals surface area contributed by atoms with Gasteiger partial charge in [0.25, 0.3) is 0 Å². The van der Waals surface area contributed by atoms with Crippen molar-refractivity contribution < 1.29 is 4.79 Å². The van der Waals surface area contributed by atoms with E-state index < -0.39 is 0 Å². The summed E-state index contributed by atoms with van der Waals surface area (Å²) in [6.45, 7) is 4.57. The summed E-state index contributed by atoms with van der Waals surface area (Å²) in [6.07, 6.45) is 0. The van der Waals surface area contributed by atoms with Gasteiger partial charge in [-0.05, 0) is 0 Å². The average Bonchev–Trinajstić information content (AvgIpc) is 1.99. The summed E-state index contributed by atoms with van der Waals surface area (Å²) in [6, 6.07) is 0.605. The second-order valence-corrected chi connectivity index (χ2v) is 4.16. The molecule has 2 saturated heterocycles. The third-order valence-electron chi connectivity index (χ3n) is 2.47. The van der Waals surface area contributed by atoms with Crippen LogP contribution in [0.15, 0.2) is 0 Å². The molecule has 2 aliphatic heterocycles. The second kappa shape index (κ2) is 3.29. The average molecular weight is 187 g/mol. The van der Waals surface area contributed by atoms with Crippen molar-refractivity contribution in [2.75, 3.05) is 32.7 Å². The van der Waals surface area contributed by atoms with E-state index in [2.05, 4.69) is 24.3 Å². The molecular formula is C7H14N3OP. The number of nitrogens with zero attached hydrogens (tertiary/aromatic N) is 2. The second-order valence-electron chi connectivity index (χ2n) is 3.43. The fourth-order valence-corrected chi connectivity index (χ4v) is 2.18. The summed E-state index contributed by atoms with van der Waals surface area (Å²) in [5.74, 6) is 0.170. The lowest BCUT2D eigenvalue weighted by Crippen LogP contribution is -2.61. The smallest absolute Gasteiger partial charge is 0.234 e. The molecule has 1 amide bonds. The Labute approximate surface area is 74.5 Å². The van der Waals surface area contributed by atoms with E-state index in [-0.39, 0.29) is 5.91 Å². The van der Waals surface area contributed by atoms with Crippen LogP contribution in [0.1, 0.15) is 0 Å². The van der Waals surface area contributed by atoms with Gasteiger partial charge in [0.1, 0.15) is 0 Å². The van der Waals surface area contributed by atoms with Gasteiger partial charge in [0.2, 0.25) is 5.91 Å². The highest BCUT2D eigenvalue weighted by atomic mass is 31.0. The zero-order chi connectivity index (χ0) is 8.55. The van der Waals surface area contributed by atoms with Gasteiger partial charge in [0.05, 0.1) is 6.54 Å². The van der Waals surface area contributed by atoms with E-state index in [4.69, 9.17) is 0 Å². The number of hydrogen-bond donors (Lipinski definition) is 1. The van der Waals surface area contributed by atoms with Crippen LogP contribution in [0.2, 0.25) is 0 Å². The van der Waals surface area contributed by atoms with Crippen molar-refractivity contribution in [3.8, 4) is 0 Å². The van der Waals surface area contributed by atoms with Crippen molar-refractivity contribution in [3.63, 3.8) is 0 Å². The SMILES string of the molecule is O=C1CN(C2CN(P)C2)CCN1. The standard InChI is InChI=1S/C7H14N3OP/c11-7-5-9(2-1-8-7)6-3-10(12)4-6/h6H,1-5,12H2,(H,8,11). The molecule has 0 bridgehead atoms. The Hall–Kier alpha value is -0.180. The van der Waals surface area contributed by atoms with E-state index in [1.54, 1.807) is 0 Å². The van der Waals surface area contributed by atoms with Gasteiger partial charge in [-0.15, -0.1) is 0 Å². The molecule has 5 heteroatoms. The molecule has 2 heterocycles. The van der Waals surface area contributed by atoms with Gasteiger partial charge in [0.15, 0.2) is 0 Å². The normalized spacial score (nSPS) is 28.2. The summed E-state index contributed by atoms with van der Waals surface area (Å²) in [4.78, 5) is 13.3. The van der Waals surface area contributed by atoms with Gasteiger partial charge < -0.3 is 5.32 Å². The fraction of sp³-hybridized carbons (Fsp3) is 0.857. The maximum Gasteiger partial charge on any atom is 0.234 e. The molecule has 1 N–H and O–H groups in total. The molecule has 1 atom stereocenters. The van der Waals surface area contributed by atoms with Crippen molar-refractivity contribution in [1.29, 1.82) is 0 Å². The molecule has 1 unspecified atom stereocenters. The molecule has 4 nitrogen and oxygen atoms in total. The highest BCUT2D eigenvalue weighted by Crippen LogP contribution is 2.18. The summed E-state index contributed by atoms with van der Waals surface area (Å²) < 4.78 is 2.19. The number of hydrogen-bond acceptors (Lipinski definition) is 3. The minimum Gasteiger partial charge on any atom is -0.354 e. The van der Waals surface area contributed by atoms with Crippen LogP contribution in [0, 0.1) is 0 Å². The van der Waals surface area contributed by atoms with Crippen LogP contribution < -0.4 is 5.32 Å². The third kappa shape index (κ3) is 1.60. The van der Waals surface area contributed by atoms with E-state index in [9.17, 15) is 4.79 Å². The van der Waals surface area contributed by atoms with Gasteiger partial charge in [-0.1, -0.05) is 9.39 Å². The van der Waals surface area contributed by atoms with E-state index in [1.165, 1.54) is 0 Å². The first-order valence-corrected chi connectivity index (χ1v) is 4.78. The van der Waals surface area contributed by atoms with Gasteiger partial charge in [-0.3, -0.25) is 14.4 Å². The van der Waals surface area contributed by atoms with Gasteiger partial charge in [0, 0.05) is 32.2 Å². The number of carbonyl (C=O) groups is 1. The molecule has 0 aliphatic carbocycles. The van der Waals surface area contributed by atoms with Crippen LogP contribution in [0.4, 0.5) is 0 Å². The molecule has 0 saturated carbocycles. The molecule has 0 spiro atoms. The molecule has 0 aromatic heterocycles. The van der Waals surface area contributed by atoms with Crippen molar-refractivity contribution in [2.45, 2.75) is 6.04 Å². The number of carbonyl (C=O) groups excluding carboxylic acids is 1. The van der Waals surface area contributed by atoms with E-state index in [0.29, 0.717) is 12.6 Å². The molecule has 12 heavy (non-hydrogen) atoms. The lowest BCUT2D eigenvalue weighted by atomic mass is 10.1. The minimum absolute atomic E-state index is 0.170. The van der Waals surface area contributed by atoms with Crippen LogP contribution in [-0.4, -0.2) is 54.2 Å². The monoisotopic (exact) mass is 187 g/mol. The van der Waals surface area contributed by atoms with E-state index >= 15 is 0 Å². The van der Waals surface area contributed by atoms with Gasteiger partial charge in [-0.2, -0.15) is 0 Å². The summed E-state index contributed by atoms with van der Waals surface area (Å²) in [7, 11) is 2.68. The Morgan fingerprint density at radius 2 is 2.25 bits per heavy atom. The lowest BCUT2D eigenvalue weighted by Gasteiger charge is -2.44. The predicted molar refractivity (Wildman–Crippen MR) is 49.7 cm³/mol. The maximum atomic E-state index is 11.0. The Balaban J connectivity index is 1.83. The van der Waals surface area contributed by atoms with Gasteiger partial charge in [-0.25, -0.2) is 0 Å². The quantitative estimate of drug-likeness (QED) is 0.529. The largest absolute Gasteiger partial charge is 0.354 e. The van der Waals surface area contributed by atoms with Crippen molar-refractivity contribution in [3.05, 3.63) is 0 Å². The van der Waals surface area contributed by atoms with E-state index in [1.807, 2.05) is 0 Å². The van der Waals surface area contributed by atoms with Crippen LogP contribution in [0.5, 0.6) is 0 Å². The Morgan fingerprint density at radius 3 is 2.83 bits per heavy atom. The first-order chi connectivity index (χ1) is 5.75. The first-order valence-electron chi connectivity index (χ1n) is 4.26. The molecular weight excluding hydrogens is 173 g/mol. The molecule has 0 radical (unpaired) electrons. The molecule has 2 aliphatic rings. The summed E-state index contributed by atoms with van der Waals surface area (Å²) in [5, 5.41) is 2.83. The Morgan fingerprint density at radius 1 is 1.50 bits per heavy atom. The van der Waals surface area contributed by atoms with Crippen LogP contribution in [0.3, 0.4) is 0 Å². The van der Waals surface area contributed by atoms with E-state index in [0.717, 1.165) is 26.2 Å². The predicted octanol–water partition coefficient (Wildman–Crippen LogP) is -1.11. The van der Waals surface area contributed by atoms with Crippen LogP contribution >= 0.6 is 9.39 Å². The summed E-state index contributed by atoms with van der Waals surface area (Å²) >= 11 is 0. The van der Waals surface area contributed by atoms with Gasteiger partial charge >= 0.3 is 0 Å². The Bertz CT molecular complexity index is 193. The van der Waals surface area contributed by atoms with Crippen molar-refractivity contribution in [2.24, 2.45) is 0 Å². The Kier molecular flexibility index (Phi) is 2.31. The molecule has 0 aromatic rings. The zero-order valence-electron chi connectivity index (χ0n) is 6.99. The number of amides is 1. The highest BCUT2D eigenvalue weighted by Gasteiger charge is 2.31.